The maximum absolute atomic E-state index is 11.2. The standard InChI is InChI=1S/C17H20O2/c1-14(19-2)13-17(18,15-9-5-3-6-10-15)16-11-7-4-8-12-16/h3-12,14,18H,13H2,1-2H3. The molecule has 0 aromatic heterocycles. The van der Waals surface area contributed by atoms with E-state index < -0.39 is 5.60 Å². The molecule has 2 rings (SSSR count). The lowest BCUT2D eigenvalue weighted by Crippen LogP contribution is -2.31. The van der Waals surface area contributed by atoms with E-state index in [1.165, 1.54) is 0 Å². The Morgan fingerprint density at radius 3 is 1.74 bits per heavy atom. The molecule has 0 aliphatic rings. The summed E-state index contributed by atoms with van der Waals surface area (Å²) >= 11 is 0. The first kappa shape index (κ1) is 13.8. The summed E-state index contributed by atoms with van der Waals surface area (Å²) in [5, 5.41) is 11.2. The molecule has 1 unspecified atom stereocenters. The molecule has 2 heteroatoms. The molecule has 1 N–H and O–H groups in total. The van der Waals surface area contributed by atoms with Crippen LogP contribution in [-0.4, -0.2) is 18.3 Å². The van der Waals surface area contributed by atoms with Gasteiger partial charge in [0.25, 0.3) is 0 Å². The lowest BCUT2D eigenvalue weighted by molar-refractivity contribution is 0.00554. The Balaban J connectivity index is 2.44. The Morgan fingerprint density at radius 2 is 1.37 bits per heavy atom. The van der Waals surface area contributed by atoms with Crippen molar-refractivity contribution in [3.63, 3.8) is 0 Å². The fraction of sp³-hybridized carbons (Fsp3) is 0.294. The maximum Gasteiger partial charge on any atom is 0.117 e. The summed E-state index contributed by atoms with van der Waals surface area (Å²) in [6.45, 7) is 1.97. The molecule has 0 saturated carbocycles. The van der Waals surface area contributed by atoms with Gasteiger partial charge in [0.05, 0.1) is 6.10 Å². The third kappa shape index (κ3) is 3.03. The molecule has 2 aromatic carbocycles. The average Bonchev–Trinajstić information content (AvgIpc) is 2.48. The van der Waals surface area contributed by atoms with Crippen LogP contribution in [0.5, 0.6) is 0 Å². The summed E-state index contributed by atoms with van der Waals surface area (Å²) in [7, 11) is 1.67. The number of hydrogen-bond acceptors (Lipinski definition) is 2. The number of hydrogen-bond donors (Lipinski definition) is 1. The van der Waals surface area contributed by atoms with Crippen LogP contribution in [0.1, 0.15) is 24.5 Å². The molecule has 0 spiro atoms. The van der Waals surface area contributed by atoms with E-state index in [2.05, 4.69) is 0 Å². The van der Waals surface area contributed by atoms with Crippen molar-refractivity contribution >= 4 is 0 Å². The molecular weight excluding hydrogens is 236 g/mol. The van der Waals surface area contributed by atoms with E-state index in [1.54, 1.807) is 7.11 Å². The van der Waals surface area contributed by atoms with E-state index >= 15 is 0 Å². The molecule has 0 radical (unpaired) electrons. The van der Waals surface area contributed by atoms with Crippen LogP contribution in [0.15, 0.2) is 60.7 Å². The highest BCUT2D eigenvalue weighted by Gasteiger charge is 2.33. The number of methoxy groups -OCH3 is 1. The Kier molecular flexibility index (Phi) is 4.35. The summed E-state index contributed by atoms with van der Waals surface area (Å²) in [5.41, 5.74) is 0.771. The number of rotatable bonds is 5. The SMILES string of the molecule is COC(C)CC(O)(c1ccccc1)c1ccccc1. The van der Waals surface area contributed by atoms with Crippen LogP contribution in [0, 0.1) is 0 Å². The second kappa shape index (κ2) is 6.00. The zero-order valence-electron chi connectivity index (χ0n) is 11.4. The smallest absolute Gasteiger partial charge is 0.117 e. The van der Waals surface area contributed by atoms with Crippen molar-refractivity contribution in [3.05, 3.63) is 71.8 Å². The van der Waals surface area contributed by atoms with Crippen LogP contribution in [-0.2, 0) is 10.3 Å². The molecule has 0 saturated heterocycles. The third-order valence-electron chi connectivity index (χ3n) is 3.49. The van der Waals surface area contributed by atoms with E-state index in [4.69, 9.17) is 4.74 Å². The molecule has 1 atom stereocenters. The second-order valence-electron chi connectivity index (χ2n) is 4.84. The third-order valence-corrected chi connectivity index (χ3v) is 3.49. The first-order valence-corrected chi connectivity index (χ1v) is 6.53. The largest absolute Gasteiger partial charge is 0.382 e. The van der Waals surface area contributed by atoms with E-state index in [-0.39, 0.29) is 6.10 Å². The predicted molar refractivity (Wildman–Crippen MR) is 77.0 cm³/mol. The van der Waals surface area contributed by atoms with Gasteiger partial charge >= 0.3 is 0 Å². The minimum Gasteiger partial charge on any atom is -0.382 e. The predicted octanol–water partition coefficient (Wildman–Crippen LogP) is 3.35. The van der Waals surface area contributed by atoms with Crippen molar-refractivity contribution in [1.82, 2.24) is 0 Å². The van der Waals surface area contributed by atoms with Gasteiger partial charge in [-0.25, -0.2) is 0 Å². The molecule has 0 bridgehead atoms. The van der Waals surface area contributed by atoms with Crippen LogP contribution < -0.4 is 0 Å². The monoisotopic (exact) mass is 256 g/mol. The van der Waals surface area contributed by atoms with Gasteiger partial charge < -0.3 is 9.84 Å². The Morgan fingerprint density at radius 1 is 0.947 bits per heavy atom. The zero-order valence-corrected chi connectivity index (χ0v) is 11.4. The molecule has 0 fully saturated rings. The van der Waals surface area contributed by atoms with Gasteiger partial charge in [-0.15, -0.1) is 0 Å². The van der Waals surface area contributed by atoms with Gasteiger partial charge in [0.15, 0.2) is 0 Å². The van der Waals surface area contributed by atoms with Crippen molar-refractivity contribution < 1.29 is 9.84 Å². The van der Waals surface area contributed by atoms with Crippen molar-refractivity contribution in [1.29, 1.82) is 0 Å². The van der Waals surface area contributed by atoms with Gasteiger partial charge in [-0.05, 0) is 18.1 Å². The van der Waals surface area contributed by atoms with Gasteiger partial charge in [0.2, 0.25) is 0 Å². The molecule has 0 aliphatic heterocycles. The molecular formula is C17H20O2. The normalized spacial score (nSPS) is 13.2. The maximum atomic E-state index is 11.2. The second-order valence-corrected chi connectivity index (χ2v) is 4.84. The van der Waals surface area contributed by atoms with Gasteiger partial charge in [-0.3, -0.25) is 0 Å². The summed E-state index contributed by atoms with van der Waals surface area (Å²) in [6, 6.07) is 19.5. The van der Waals surface area contributed by atoms with Gasteiger partial charge in [-0.1, -0.05) is 60.7 Å². The van der Waals surface area contributed by atoms with Crippen LogP contribution in [0.4, 0.5) is 0 Å². The Labute approximate surface area is 114 Å². The van der Waals surface area contributed by atoms with Crippen molar-refractivity contribution in [3.8, 4) is 0 Å². The molecule has 0 aliphatic carbocycles. The van der Waals surface area contributed by atoms with Gasteiger partial charge in [0, 0.05) is 13.5 Å². The van der Waals surface area contributed by atoms with Crippen LogP contribution in [0.2, 0.25) is 0 Å². The van der Waals surface area contributed by atoms with Crippen LogP contribution >= 0.6 is 0 Å². The zero-order chi connectivity index (χ0) is 13.7. The lowest BCUT2D eigenvalue weighted by atomic mass is 9.82. The van der Waals surface area contributed by atoms with Gasteiger partial charge in [-0.2, -0.15) is 0 Å². The summed E-state index contributed by atoms with van der Waals surface area (Å²) in [6.07, 6.45) is 0.503. The van der Waals surface area contributed by atoms with Gasteiger partial charge in [0.1, 0.15) is 5.60 Å². The molecule has 19 heavy (non-hydrogen) atoms. The highest BCUT2D eigenvalue weighted by Crippen LogP contribution is 2.34. The molecule has 2 aromatic rings. The fourth-order valence-electron chi connectivity index (χ4n) is 2.33. The van der Waals surface area contributed by atoms with Crippen molar-refractivity contribution in [2.75, 3.05) is 7.11 Å². The molecule has 2 nitrogen and oxygen atoms in total. The summed E-state index contributed by atoms with van der Waals surface area (Å²) < 4.78 is 5.33. The number of benzene rings is 2. The van der Waals surface area contributed by atoms with E-state index in [9.17, 15) is 5.11 Å². The Bertz CT molecular complexity index is 454. The highest BCUT2D eigenvalue weighted by atomic mass is 16.5. The molecule has 0 heterocycles. The number of aliphatic hydroxyl groups is 1. The quantitative estimate of drug-likeness (QED) is 0.889. The van der Waals surface area contributed by atoms with Crippen molar-refractivity contribution in [2.45, 2.75) is 25.0 Å². The summed E-state index contributed by atoms with van der Waals surface area (Å²) in [4.78, 5) is 0. The topological polar surface area (TPSA) is 29.5 Å². The van der Waals surface area contributed by atoms with E-state index in [0.717, 1.165) is 11.1 Å². The molecule has 0 amide bonds. The van der Waals surface area contributed by atoms with Crippen LogP contribution in [0.3, 0.4) is 0 Å². The first-order chi connectivity index (χ1) is 9.16. The minimum absolute atomic E-state index is 0.0228. The number of ether oxygens (including phenoxy) is 1. The van der Waals surface area contributed by atoms with E-state index in [0.29, 0.717) is 6.42 Å². The highest BCUT2D eigenvalue weighted by molar-refractivity contribution is 5.35. The summed E-state index contributed by atoms with van der Waals surface area (Å²) in [5.74, 6) is 0. The lowest BCUT2D eigenvalue weighted by Gasteiger charge is -2.31. The van der Waals surface area contributed by atoms with E-state index in [1.807, 2.05) is 67.6 Å². The minimum atomic E-state index is -1.02. The first-order valence-electron chi connectivity index (χ1n) is 6.53. The Hall–Kier alpha value is -1.64. The average molecular weight is 256 g/mol. The van der Waals surface area contributed by atoms with Crippen molar-refractivity contribution in [2.24, 2.45) is 0 Å². The molecule has 100 valence electrons. The van der Waals surface area contributed by atoms with Crippen LogP contribution in [0.25, 0.3) is 0 Å². The fourth-order valence-corrected chi connectivity index (χ4v) is 2.33.